The molecule has 1 amide bonds. The summed E-state index contributed by atoms with van der Waals surface area (Å²) in [6.45, 7) is 4.78. The molecule has 2 heterocycles. The van der Waals surface area contributed by atoms with Crippen LogP contribution in [0.2, 0.25) is 5.02 Å². The standard InChI is InChI=1S/C17H16ClFN4O2/c1-2-15(24)23-3-4-25-9-14(23)11-5-10(6-12(18)7-11)13-8-21-17(20)16(19)22-13/h2,5-8,14H,1,3-4,9H2,(H2,20,21)/t14-/m0/s1. The highest BCUT2D eigenvalue weighted by molar-refractivity contribution is 6.31. The largest absolute Gasteiger partial charge is 0.380 e. The van der Waals surface area contributed by atoms with E-state index in [0.29, 0.717) is 36.0 Å². The van der Waals surface area contributed by atoms with Crippen LogP contribution in [0.5, 0.6) is 0 Å². The van der Waals surface area contributed by atoms with Crippen molar-refractivity contribution in [3.8, 4) is 11.3 Å². The number of carbonyl (C=O) groups is 1. The predicted molar refractivity (Wildman–Crippen MR) is 92.3 cm³/mol. The molecular formula is C17H16ClFN4O2. The third-order valence-corrected chi connectivity index (χ3v) is 4.16. The molecular weight excluding hydrogens is 347 g/mol. The molecule has 0 unspecified atom stereocenters. The van der Waals surface area contributed by atoms with Crippen molar-refractivity contribution < 1.29 is 13.9 Å². The van der Waals surface area contributed by atoms with E-state index in [1.807, 2.05) is 0 Å². The van der Waals surface area contributed by atoms with Crippen LogP contribution in [0.15, 0.2) is 37.1 Å². The van der Waals surface area contributed by atoms with Gasteiger partial charge in [0.2, 0.25) is 5.91 Å². The van der Waals surface area contributed by atoms with Crippen molar-refractivity contribution in [3.63, 3.8) is 0 Å². The summed E-state index contributed by atoms with van der Waals surface area (Å²) in [6.07, 6.45) is 2.64. The fraction of sp³-hybridized carbons (Fsp3) is 0.235. The van der Waals surface area contributed by atoms with Crippen LogP contribution in [0.4, 0.5) is 10.2 Å². The molecule has 3 rings (SSSR count). The van der Waals surface area contributed by atoms with Crippen molar-refractivity contribution in [1.82, 2.24) is 14.9 Å². The van der Waals surface area contributed by atoms with Crippen LogP contribution in [-0.2, 0) is 9.53 Å². The number of hydrogen-bond donors (Lipinski definition) is 1. The number of halogens is 2. The van der Waals surface area contributed by atoms with Crippen molar-refractivity contribution >= 4 is 23.3 Å². The topological polar surface area (TPSA) is 81.3 Å². The Balaban J connectivity index is 2.02. The lowest BCUT2D eigenvalue weighted by Gasteiger charge is -2.35. The van der Waals surface area contributed by atoms with Gasteiger partial charge in [-0.1, -0.05) is 18.2 Å². The molecule has 1 fully saturated rings. The van der Waals surface area contributed by atoms with Crippen molar-refractivity contribution in [2.75, 3.05) is 25.5 Å². The van der Waals surface area contributed by atoms with Crippen LogP contribution < -0.4 is 5.73 Å². The fourth-order valence-corrected chi connectivity index (χ4v) is 2.97. The number of benzene rings is 1. The molecule has 1 aliphatic rings. The van der Waals surface area contributed by atoms with Gasteiger partial charge in [-0.15, -0.1) is 0 Å². The Morgan fingerprint density at radius 3 is 3.00 bits per heavy atom. The Morgan fingerprint density at radius 2 is 2.28 bits per heavy atom. The predicted octanol–water partition coefficient (Wildman–Crippen LogP) is 2.60. The molecule has 1 aliphatic heterocycles. The van der Waals surface area contributed by atoms with E-state index in [-0.39, 0.29) is 17.8 Å². The molecule has 0 aliphatic carbocycles. The highest BCUT2D eigenvalue weighted by Crippen LogP contribution is 2.31. The van der Waals surface area contributed by atoms with Crippen LogP contribution in [0.1, 0.15) is 11.6 Å². The first-order valence-corrected chi connectivity index (χ1v) is 7.97. The van der Waals surface area contributed by atoms with Gasteiger partial charge >= 0.3 is 0 Å². The molecule has 130 valence electrons. The Hall–Kier alpha value is -2.51. The zero-order chi connectivity index (χ0) is 18.0. The zero-order valence-corrected chi connectivity index (χ0v) is 14.0. The number of amides is 1. The number of rotatable bonds is 3. The Kier molecular flexibility index (Phi) is 4.96. The summed E-state index contributed by atoms with van der Waals surface area (Å²) in [4.78, 5) is 21.4. The minimum atomic E-state index is -0.844. The van der Waals surface area contributed by atoms with Gasteiger partial charge in [-0.3, -0.25) is 4.79 Å². The second-order valence-corrected chi connectivity index (χ2v) is 5.97. The smallest absolute Gasteiger partial charge is 0.256 e. The number of carbonyl (C=O) groups excluding carboxylic acids is 1. The molecule has 1 saturated heterocycles. The van der Waals surface area contributed by atoms with Crippen molar-refractivity contribution in [2.45, 2.75) is 6.04 Å². The van der Waals surface area contributed by atoms with Crippen molar-refractivity contribution in [3.05, 3.63) is 53.6 Å². The lowest BCUT2D eigenvalue weighted by atomic mass is 10.0. The summed E-state index contributed by atoms with van der Waals surface area (Å²) in [7, 11) is 0. The van der Waals surface area contributed by atoms with Gasteiger partial charge < -0.3 is 15.4 Å². The lowest BCUT2D eigenvalue weighted by Crippen LogP contribution is -2.42. The molecule has 0 bridgehead atoms. The van der Waals surface area contributed by atoms with Gasteiger partial charge in [0.25, 0.3) is 5.95 Å². The maximum absolute atomic E-state index is 13.6. The summed E-state index contributed by atoms with van der Waals surface area (Å²) in [5.74, 6) is -1.30. The normalized spacial score (nSPS) is 17.4. The van der Waals surface area contributed by atoms with Gasteiger partial charge in [0.1, 0.15) is 0 Å². The number of morpholine rings is 1. The number of nitrogens with zero attached hydrogens (tertiary/aromatic N) is 3. The highest BCUT2D eigenvalue weighted by atomic mass is 35.5. The summed E-state index contributed by atoms with van der Waals surface area (Å²) in [5, 5.41) is 0.433. The molecule has 0 saturated carbocycles. The molecule has 25 heavy (non-hydrogen) atoms. The van der Waals surface area contributed by atoms with E-state index in [1.165, 1.54) is 12.3 Å². The first kappa shape index (κ1) is 17.3. The average molecular weight is 363 g/mol. The molecule has 2 N–H and O–H groups in total. The maximum Gasteiger partial charge on any atom is 0.256 e. The number of ether oxygens (including phenoxy) is 1. The van der Waals surface area contributed by atoms with E-state index >= 15 is 0 Å². The summed E-state index contributed by atoms with van der Waals surface area (Å²) >= 11 is 6.22. The van der Waals surface area contributed by atoms with Gasteiger partial charge in [-0.05, 0) is 29.8 Å². The summed E-state index contributed by atoms with van der Waals surface area (Å²) in [5.41, 5.74) is 7.00. The van der Waals surface area contributed by atoms with Crippen molar-refractivity contribution in [1.29, 1.82) is 0 Å². The van der Waals surface area contributed by atoms with Crippen LogP contribution in [0.3, 0.4) is 0 Å². The van der Waals surface area contributed by atoms with Gasteiger partial charge in [-0.2, -0.15) is 4.39 Å². The van der Waals surface area contributed by atoms with Crippen LogP contribution in [0.25, 0.3) is 11.3 Å². The van der Waals surface area contributed by atoms with E-state index in [2.05, 4.69) is 16.5 Å². The molecule has 0 spiro atoms. The van der Waals surface area contributed by atoms with Crippen molar-refractivity contribution in [2.24, 2.45) is 0 Å². The molecule has 8 heteroatoms. The molecule has 6 nitrogen and oxygen atoms in total. The molecule has 1 aromatic carbocycles. The Labute approximate surface area is 149 Å². The quantitative estimate of drug-likeness (QED) is 0.849. The molecule has 2 aromatic rings. The lowest BCUT2D eigenvalue weighted by molar-refractivity contribution is -0.134. The average Bonchev–Trinajstić information content (AvgIpc) is 2.62. The minimum Gasteiger partial charge on any atom is -0.380 e. The third-order valence-electron chi connectivity index (χ3n) is 3.94. The van der Waals surface area contributed by atoms with Crippen LogP contribution in [0, 0.1) is 5.95 Å². The van der Waals surface area contributed by atoms with E-state index in [1.54, 1.807) is 23.1 Å². The molecule has 0 radical (unpaired) electrons. The SMILES string of the molecule is C=CC(=O)N1CCOC[C@H]1c1cc(Cl)cc(-c2cnc(N)c(F)n2)c1. The van der Waals surface area contributed by atoms with Gasteiger partial charge in [0, 0.05) is 17.1 Å². The van der Waals surface area contributed by atoms with Crippen LogP contribution >= 0.6 is 11.6 Å². The fourth-order valence-electron chi connectivity index (χ4n) is 2.73. The number of nitrogen functional groups attached to an aromatic ring is 1. The van der Waals surface area contributed by atoms with Gasteiger partial charge in [0.15, 0.2) is 5.82 Å². The van der Waals surface area contributed by atoms with E-state index in [4.69, 9.17) is 22.1 Å². The van der Waals surface area contributed by atoms with E-state index < -0.39 is 5.95 Å². The Bertz CT molecular complexity index is 830. The zero-order valence-electron chi connectivity index (χ0n) is 13.3. The highest BCUT2D eigenvalue weighted by Gasteiger charge is 2.28. The third kappa shape index (κ3) is 3.62. The summed E-state index contributed by atoms with van der Waals surface area (Å²) in [6, 6.07) is 4.86. The number of anilines is 1. The van der Waals surface area contributed by atoms with E-state index in [0.717, 1.165) is 5.56 Å². The second-order valence-electron chi connectivity index (χ2n) is 5.53. The number of hydrogen-bond acceptors (Lipinski definition) is 5. The monoisotopic (exact) mass is 362 g/mol. The number of aromatic nitrogens is 2. The first-order valence-electron chi connectivity index (χ1n) is 7.59. The second kappa shape index (κ2) is 7.16. The summed E-state index contributed by atoms with van der Waals surface area (Å²) < 4.78 is 19.1. The maximum atomic E-state index is 13.6. The first-order chi connectivity index (χ1) is 12.0. The Morgan fingerprint density at radius 1 is 1.48 bits per heavy atom. The van der Waals surface area contributed by atoms with E-state index in [9.17, 15) is 9.18 Å². The van der Waals surface area contributed by atoms with Gasteiger partial charge in [-0.25, -0.2) is 9.97 Å². The molecule has 1 atom stereocenters. The minimum absolute atomic E-state index is 0.187. The number of nitrogens with two attached hydrogens (primary N) is 1. The van der Waals surface area contributed by atoms with Crippen LogP contribution in [-0.4, -0.2) is 40.5 Å². The molecule has 1 aromatic heterocycles. The van der Waals surface area contributed by atoms with Gasteiger partial charge in [0.05, 0.1) is 31.1 Å².